The fourth-order valence-corrected chi connectivity index (χ4v) is 3.50. The largest absolute Gasteiger partial charge is 0.375 e. The van der Waals surface area contributed by atoms with Crippen LogP contribution in [-0.4, -0.2) is 5.11 Å². The lowest BCUT2D eigenvalue weighted by atomic mass is 9.85. The van der Waals surface area contributed by atoms with Crippen molar-refractivity contribution in [3.8, 4) is 0 Å². The first-order valence-corrected chi connectivity index (χ1v) is 7.50. The molecule has 0 unspecified atom stereocenters. The van der Waals surface area contributed by atoms with Crippen LogP contribution in [0.1, 0.15) is 16.0 Å². The van der Waals surface area contributed by atoms with Gasteiger partial charge in [0.15, 0.2) is 0 Å². The molecule has 0 atom stereocenters. The van der Waals surface area contributed by atoms with Crippen LogP contribution in [0.3, 0.4) is 0 Å². The molecule has 100 valence electrons. The Hall–Kier alpha value is -1.61. The Balaban J connectivity index is 2.23. The van der Waals surface area contributed by atoms with Gasteiger partial charge in [-0.25, -0.2) is 0 Å². The lowest BCUT2D eigenvalue weighted by Crippen LogP contribution is -2.27. The summed E-state index contributed by atoms with van der Waals surface area (Å²) in [6.07, 6.45) is 0. The van der Waals surface area contributed by atoms with Crippen LogP contribution in [-0.2, 0) is 5.60 Å². The third-order valence-corrected chi connectivity index (χ3v) is 4.65. The van der Waals surface area contributed by atoms with Gasteiger partial charge in [0.25, 0.3) is 0 Å². The molecule has 0 aliphatic carbocycles. The lowest BCUT2D eigenvalue weighted by molar-refractivity contribution is 0.129. The predicted octanol–water partition coefficient (Wildman–Crippen LogP) is 4.69. The number of benzene rings is 2. The number of halogens is 1. The van der Waals surface area contributed by atoms with Crippen molar-refractivity contribution in [2.24, 2.45) is 0 Å². The van der Waals surface area contributed by atoms with Gasteiger partial charge in [-0.3, -0.25) is 0 Å². The normalized spacial score (nSPS) is 11.5. The molecule has 0 saturated heterocycles. The highest BCUT2D eigenvalue weighted by Crippen LogP contribution is 2.40. The van der Waals surface area contributed by atoms with Crippen LogP contribution < -0.4 is 0 Å². The molecule has 2 aromatic carbocycles. The second-order valence-corrected chi connectivity index (χ2v) is 6.26. The van der Waals surface area contributed by atoms with E-state index in [1.807, 2.05) is 72.8 Å². The van der Waals surface area contributed by atoms with Gasteiger partial charge in [-0.05, 0) is 23.3 Å². The van der Waals surface area contributed by atoms with Crippen LogP contribution in [0, 0.1) is 0 Å². The summed E-state index contributed by atoms with van der Waals surface area (Å²) in [5.74, 6) is 0. The Labute approximate surface area is 127 Å². The van der Waals surface area contributed by atoms with Crippen molar-refractivity contribution in [3.63, 3.8) is 0 Å². The van der Waals surface area contributed by atoms with Crippen molar-refractivity contribution in [2.75, 3.05) is 0 Å². The number of hydrogen-bond donors (Lipinski definition) is 1. The number of aliphatic hydroxyl groups is 1. The molecule has 0 radical (unpaired) electrons. The first-order valence-electron chi connectivity index (χ1n) is 6.30. The van der Waals surface area contributed by atoms with Crippen LogP contribution in [0.2, 0.25) is 4.34 Å². The fraction of sp³-hybridized carbons (Fsp3) is 0.0588. The van der Waals surface area contributed by atoms with Gasteiger partial charge in [-0.2, -0.15) is 0 Å². The topological polar surface area (TPSA) is 20.2 Å². The van der Waals surface area contributed by atoms with E-state index in [4.69, 9.17) is 11.6 Å². The van der Waals surface area contributed by atoms with Crippen LogP contribution in [0.4, 0.5) is 0 Å². The van der Waals surface area contributed by atoms with Gasteiger partial charge in [0.2, 0.25) is 0 Å². The summed E-state index contributed by atoms with van der Waals surface area (Å²) < 4.78 is 0.672. The summed E-state index contributed by atoms with van der Waals surface area (Å²) in [6, 6.07) is 23.0. The SMILES string of the molecule is OC(c1ccccc1)(c1ccccc1)c1ccc(Cl)s1. The second kappa shape index (κ2) is 5.41. The van der Waals surface area contributed by atoms with Crippen molar-refractivity contribution in [1.29, 1.82) is 0 Å². The van der Waals surface area contributed by atoms with Gasteiger partial charge in [0.1, 0.15) is 5.60 Å². The van der Waals surface area contributed by atoms with Gasteiger partial charge < -0.3 is 5.11 Å². The van der Waals surface area contributed by atoms with Crippen molar-refractivity contribution in [2.45, 2.75) is 5.60 Å². The molecule has 0 spiro atoms. The molecule has 1 heterocycles. The van der Waals surface area contributed by atoms with E-state index in [1.54, 1.807) is 0 Å². The molecule has 1 aromatic heterocycles. The van der Waals surface area contributed by atoms with Gasteiger partial charge in [-0.1, -0.05) is 72.3 Å². The van der Waals surface area contributed by atoms with Crippen molar-refractivity contribution < 1.29 is 5.11 Å². The van der Waals surface area contributed by atoms with E-state index in [1.165, 1.54) is 11.3 Å². The first-order chi connectivity index (χ1) is 9.71. The molecule has 0 bridgehead atoms. The highest BCUT2D eigenvalue weighted by molar-refractivity contribution is 7.16. The lowest BCUT2D eigenvalue weighted by Gasteiger charge is -2.28. The summed E-state index contributed by atoms with van der Waals surface area (Å²) in [5.41, 5.74) is 0.509. The quantitative estimate of drug-likeness (QED) is 0.744. The van der Waals surface area contributed by atoms with E-state index >= 15 is 0 Å². The Morgan fingerprint density at radius 1 is 0.750 bits per heavy atom. The maximum absolute atomic E-state index is 11.4. The van der Waals surface area contributed by atoms with E-state index in [-0.39, 0.29) is 0 Å². The molecule has 0 fully saturated rings. The van der Waals surface area contributed by atoms with Crippen LogP contribution in [0.25, 0.3) is 0 Å². The Morgan fingerprint density at radius 3 is 1.65 bits per heavy atom. The molecule has 1 nitrogen and oxygen atoms in total. The highest BCUT2D eigenvalue weighted by atomic mass is 35.5. The monoisotopic (exact) mass is 300 g/mol. The van der Waals surface area contributed by atoms with E-state index in [9.17, 15) is 5.11 Å². The van der Waals surface area contributed by atoms with E-state index < -0.39 is 5.60 Å². The molecule has 0 saturated carbocycles. The predicted molar refractivity (Wildman–Crippen MR) is 84.3 cm³/mol. The molecule has 0 aliphatic rings. The van der Waals surface area contributed by atoms with Gasteiger partial charge in [0.05, 0.1) is 4.34 Å². The molecule has 0 aliphatic heterocycles. The number of rotatable bonds is 3. The maximum atomic E-state index is 11.4. The average Bonchev–Trinajstić information content (AvgIpc) is 2.95. The number of thiophene rings is 1. The fourth-order valence-electron chi connectivity index (χ4n) is 2.32. The van der Waals surface area contributed by atoms with Crippen molar-refractivity contribution in [1.82, 2.24) is 0 Å². The molecule has 3 rings (SSSR count). The third-order valence-electron chi connectivity index (χ3n) is 3.31. The molecule has 3 heteroatoms. The summed E-state index contributed by atoms with van der Waals surface area (Å²) in [6.45, 7) is 0. The van der Waals surface area contributed by atoms with E-state index in [2.05, 4.69) is 0 Å². The van der Waals surface area contributed by atoms with Crippen LogP contribution >= 0.6 is 22.9 Å². The van der Waals surface area contributed by atoms with Crippen molar-refractivity contribution >= 4 is 22.9 Å². The maximum Gasteiger partial charge on any atom is 0.149 e. The van der Waals surface area contributed by atoms with Gasteiger partial charge >= 0.3 is 0 Å². The molecule has 0 amide bonds. The van der Waals surface area contributed by atoms with Crippen LogP contribution in [0.15, 0.2) is 72.8 Å². The molecular weight excluding hydrogens is 288 g/mol. The summed E-state index contributed by atoms with van der Waals surface area (Å²) >= 11 is 7.45. The molecule has 1 N–H and O–H groups in total. The van der Waals surface area contributed by atoms with Crippen LogP contribution in [0.5, 0.6) is 0 Å². The second-order valence-electron chi connectivity index (χ2n) is 4.55. The summed E-state index contributed by atoms with van der Waals surface area (Å²) in [5, 5.41) is 11.4. The smallest absolute Gasteiger partial charge is 0.149 e. The highest BCUT2D eigenvalue weighted by Gasteiger charge is 2.34. The number of hydrogen-bond acceptors (Lipinski definition) is 2. The van der Waals surface area contributed by atoms with Gasteiger partial charge in [-0.15, -0.1) is 11.3 Å². The zero-order valence-electron chi connectivity index (χ0n) is 10.7. The van der Waals surface area contributed by atoms with Crippen molar-refractivity contribution in [3.05, 3.63) is 93.1 Å². The van der Waals surface area contributed by atoms with Gasteiger partial charge in [0, 0.05) is 4.88 Å². The minimum Gasteiger partial charge on any atom is -0.375 e. The Bertz CT molecular complexity index is 652. The Kier molecular flexibility index (Phi) is 3.62. The first kappa shape index (κ1) is 13.4. The zero-order valence-corrected chi connectivity index (χ0v) is 12.2. The molecular formula is C17H13ClOS. The molecule has 3 aromatic rings. The van der Waals surface area contributed by atoms with E-state index in [0.717, 1.165) is 16.0 Å². The van der Waals surface area contributed by atoms with E-state index in [0.29, 0.717) is 4.34 Å². The minimum absolute atomic E-state index is 0.672. The third kappa shape index (κ3) is 2.27. The minimum atomic E-state index is -1.17. The zero-order chi connectivity index (χ0) is 14.0. The Morgan fingerprint density at radius 2 is 1.25 bits per heavy atom. The summed E-state index contributed by atoms with van der Waals surface area (Å²) in [4.78, 5) is 0.819. The molecule has 20 heavy (non-hydrogen) atoms. The average molecular weight is 301 g/mol. The standard InChI is InChI=1S/C17H13ClOS/c18-16-12-11-15(20-16)17(19,13-7-3-1-4-8-13)14-9-5-2-6-10-14/h1-12,19H. The summed E-state index contributed by atoms with van der Waals surface area (Å²) in [7, 11) is 0.